The first-order chi connectivity index (χ1) is 15.2. The van der Waals surface area contributed by atoms with Crippen LogP contribution in [0.15, 0.2) is 54.6 Å². The lowest BCUT2D eigenvalue weighted by atomic mass is 9.95. The van der Waals surface area contributed by atoms with Crippen molar-refractivity contribution in [1.29, 1.82) is 0 Å². The standard InChI is InChI=1S/C26H32N2O3/c1-2-24(20-9-4-3-5-10-20)26(30)28-18-8-11-22(28)19-31-23-14-12-21(13-15-23)25(29)27-16-6-7-17-27/h3-5,9-10,12-15,22,24H,2,6-8,11,16-19H2,1H3. The summed E-state index contributed by atoms with van der Waals surface area (Å²) in [5, 5.41) is 0. The molecule has 5 heteroatoms. The number of hydrogen-bond donors (Lipinski definition) is 0. The minimum atomic E-state index is -0.0994. The molecule has 0 saturated carbocycles. The Kier molecular flexibility index (Phi) is 6.90. The van der Waals surface area contributed by atoms with Crippen molar-refractivity contribution in [2.45, 2.75) is 51.0 Å². The fourth-order valence-corrected chi connectivity index (χ4v) is 4.73. The fraction of sp³-hybridized carbons (Fsp3) is 0.462. The van der Waals surface area contributed by atoms with Crippen molar-refractivity contribution in [1.82, 2.24) is 9.80 Å². The molecule has 2 unspecified atom stereocenters. The summed E-state index contributed by atoms with van der Waals surface area (Å²) in [4.78, 5) is 29.7. The van der Waals surface area contributed by atoms with Gasteiger partial charge in [-0.3, -0.25) is 9.59 Å². The molecule has 2 aliphatic heterocycles. The molecule has 2 amide bonds. The largest absolute Gasteiger partial charge is 0.491 e. The topological polar surface area (TPSA) is 49.9 Å². The number of rotatable bonds is 7. The maximum atomic E-state index is 13.3. The highest BCUT2D eigenvalue weighted by molar-refractivity contribution is 5.94. The van der Waals surface area contributed by atoms with E-state index >= 15 is 0 Å². The second-order valence-corrected chi connectivity index (χ2v) is 8.53. The first-order valence-corrected chi connectivity index (χ1v) is 11.5. The van der Waals surface area contributed by atoms with Crippen LogP contribution in [-0.4, -0.2) is 53.9 Å². The van der Waals surface area contributed by atoms with Gasteiger partial charge in [-0.15, -0.1) is 0 Å². The van der Waals surface area contributed by atoms with Crippen LogP contribution in [-0.2, 0) is 4.79 Å². The van der Waals surface area contributed by atoms with Crippen molar-refractivity contribution in [2.24, 2.45) is 0 Å². The summed E-state index contributed by atoms with van der Waals surface area (Å²) in [6.07, 6.45) is 4.94. The Morgan fingerprint density at radius 2 is 1.68 bits per heavy atom. The molecule has 5 nitrogen and oxygen atoms in total. The van der Waals surface area contributed by atoms with Crippen molar-refractivity contribution in [2.75, 3.05) is 26.2 Å². The molecule has 2 atom stereocenters. The van der Waals surface area contributed by atoms with Gasteiger partial charge in [-0.1, -0.05) is 37.3 Å². The highest BCUT2D eigenvalue weighted by Gasteiger charge is 2.33. The quantitative estimate of drug-likeness (QED) is 0.663. The third-order valence-corrected chi connectivity index (χ3v) is 6.51. The average molecular weight is 421 g/mol. The lowest BCUT2D eigenvalue weighted by Crippen LogP contribution is -2.41. The molecule has 164 valence electrons. The van der Waals surface area contributed by atoms with Crippen LogP contribution in [0.2, 0.25) is 0 Å². The van der Waals surface area contributed by atoms with Crippen molar-refractivity contribution in [3.8, 4) is 5.75 Å². The van der Waals surface area contributed by atoms with Crippen LogP contribution in [0.3, 0.4) is 0 Å². The van der Waals surface area contributed by atoms with Crippen LogP contribution in [0.25, 0.3) is 0 Å². The molecule has 2 saturated heterocycles. The molecule has 2 heterocycles. The van der Waals surface area contributed by atoms with Crippen molar-refractivity contribution in [3.05, 3.63) is 65.7 Å². The maximum absolute atomic E-state index is 13.3. The van der Waals surface area contributed by atoms with Crippen LogP contribution in [0.5, 0.6) is 5.75 Å². The monoisotopic (exact) mass is 420 g/mol. The smallest absolute Gasteiger partial charge is 0.253 e. The van der Waals surface area contributed by atoms with Crippen LogP contribution >= 0.6 is 0 Å². The van der Waals surface area contributed by atoms with Gasteiger partial charge in [0.1, 0.15) is 12.4 Å². The number of likely N-dealkylation sites (tertiary alicyclic amines) is 2. The molecule has 0 N–H and O–H groups in total. The molecule has 2 aromatic rings. The highest BCUT2D eigenvalue weighted by Crippen LogP contribution is 2.28. The molecular formula is C26H32N2O3. The number of carbonyl (C=O) groups excluding carboxylic acids is 2. The molecule has 2 fully saturated rings. The Morgan fingerprint density at radius 3 is 2.35 bits per heavy atom. The van der Waals surface area contributed by atoms with E-state index in [1.807, 2.05) is 64.4 Å². The molecule has 31 heavy (non-hydrogen) atoms. The predicted octanol–water partition coefficient (Wildman–Crippen LogP) is 4.49. The van der Waals surface area contributed by atoms with E-state index in [2.05, 4.69) is 6.92 Å². The van der Waals surface area contributed by atoms with Gasteiger partial charge in [-0.2, -0.15) is 0 Å². The van der Waals surface area contributed by atoms with Crippen LogP contribution in [0, 0.1) is 0 Å². The Balaban J connectivity index is 1.35. The van der Waals surface area contributed by atoms with Gasteiger partial charge in [-0.25, -0.2) is 0 Å². The third-order valence-electron chi connectivity index (χ3n) is 6.51. The van der Waals surface area contributed by atoms with Gasteiger partial charge in [0.15, 0.2) is 0 Å². The molecular weight excluding hydrogens is 388 g/mol. The minimum Gasteiger partial charge on any atom is -0.491 e. The number of amides is 2. The van der Waals surface area contributed by atoms with E-state index in [9.17, 15) is 9.59 Å². The summed E-state index contributed by atoms with van der Waals surface area (Å²) in [6.45, 7) is 5.05. The highest BCUT2D eigenvalue weighted by atomic mass is 16.5. The summed E-state index contributed by atoms with van der Waals surface area (Å²) < 4.78 is 6.03. The number of ether oxygens (including phenoxy) is 1. The molecule has 4 rings (SSSR count). The first kappa shape index (κ1) is 21.4. The molecule has 0 spiro atoms. The van der Waals surface area contributed by atoms with Gasteiger partial charge in [0.05, 0.1) is 12.0 Å². The molecule has 0 bridgehead atoms. The molecule has 0 aliphatic carbocycles. The SMILES string of the molecule is CCC(C(=O)N1CCCC1COc1ccc(C(=O)N2CCCC2)cc1)c1ccccc1. The van der Waals surface area contributed by atoms with Gasteiger partial charge >= 0.3 is 0 Å². The van der Waals surface area contributed by atoms with Crippen molar-refractivity contribution in [3.63, 3.8) is 0 Å². The lowest BCUT2D eigenvalue weighted by molar-refractivity contribution is -0.134. The van der Waals surface area contributed by atoms with Crippen molar-refractivity contribution < 1.29 is 14.3 Å². The second-order valence-electron chi connectivity index (χ2n) is 8.53. The Morgan fingerprint density at radius 1 is 0.968 bits per heavy atom. The van der Waals surface area contributed by atoms with E-state index in [-0.39, 0.29) is 23.8 Å². The number of hydrogen-bond acceptors (Lipinski definition) is 3. The Labute approximate surface area is 185 Å². The number of benzene rings is 2. The third kappa shape index (κ3) is 4.92. The van der Waals surface area contributed by atoms with E-state index in [0.717, 1.165) is 63.1 Å². The number of carbonyl (C=O) groups is 2. The molecule has 2 aliphatic rings. The van der Waals surface area contributed by atoms with E-state index < -0.39 is 0 Å². The normalized spacial score (nSPS) is 19.5. The Bertz CT molecular complexity index is 875. The summed E-state index contributed by atoms with van der Waals surface area (Å²) in [6, 6.07) is 17.6. The van der Waals surface area contributed by atoms with Crippen LogP contribution in [0.1, 0.15) is 60.9 Å². The Hall–Kier alpha value is -2.82. The summed E-state index contributed by atoms with van der Waals surface area (Å²) in [5.41, 5.74) is 1.79. The van der Waals surface area contributed by atoms with Gasteiger partial charge in [0.25, 0.3) is 5.91 Å². The van der Waals surface area contributed by atoms with Gasteiger partial charge < -0.3 is 14.5 Å². The average Bonchev–Trinajstić information content (AvgIpc) is 3.51. The van der Waals surface area contributed by atoms with Crippen LogP contribution < -0.4 is 4.74 Å². The number of nitrogens with zero attached hydrogens (tertiary/aromatic N) is 2. The van der Waals surface area contributed by atoms with E-state index in [1.54, 1.807) is 0 Å². The van der Waals surface area contributed by atoms with E-state index in [4.69, 9.17) is 4.74 Å². The fourth-order valence-electron chi connectivity index (χ4n) is 4.73. The molecule has 0 radical (unpaired) electrons. The zero-order valence-corrected chi connectivity index (χ0v) is 18.3. The van der Waals surface area contributed by atoms with E-state index in [1.165, 1.54) is 0 Å². The van der Waals surface area contributed by atoms with Gasteiger partial charge in [0.2, 0.25) is 5.91 Å². The first-order valence-electron chi connectivity index (χ1n) is 11.5. The second kappa shape index (κ2) is 9.99. The maximum Gasteiger partial charge on any atom is 0.253 e. The summed E-state index contributed by atoms with van der Waals surface area (Å²) in [5.74, 6) is 0.944. The lowest BCUT2D eigenvalue weighted by Gasteiger charge is -2.29. The molecule has 0 aromatic heterocycles. The molecule has 2 aromatic carbocycles. The van der Waals surface area contributed by atoms with Crippen LogP contribution in [0.4, 0.5) is 0 Å². The van der Waals surface area contributed by atoms with Gasteiger partial charge in [0, 0.05) is 25.2 Å². The zero-order chi connectivity index (χ0) is 21.6. The summed E-state index contributed by atoms with van der Waals surface area (Å²) >= 11 is 0. The van der Waals surface area contributed by atoms with E-state index in [0.29, 0.717) is 12.2 Å². The minimum absolute atomic E-state index is 0.0937. The zero-order valence-electron chi connectivity index (χ0n) is 18.3. The predicted molar refractivity (Wildman–Crippen MR) is 121 cm³/mol. The van der Waals surface area contributed by atoms with Crippen molar-refractivity contribution >= 4 is 11.8 Å². The summed E-state index contributed by atoms with van der Waals surface area (Å²) in [7, 11) is 0. The van der Waals surface area contributed by atoms with Gasteiger partial charge in [-0.05, 0) is 61.9 Å².